The molecule has 2 fully saturated rings. The molecule has 2 aliphatic rings. The Morgan fingerprint density at radius 1 is 1.38 bits per heavy atom. The number of halogens is 1. The fraction of sp³-hybridized carbons (Fsp3) is 0.889. The molecule has 1 amide bonds. The molecule has 2 atom stereocenters. The smallest absolute Gasteiger partial charge is 0.237 e. The maximum Gasteiger partial charge on any atom is 0.237 e. The standard InChI is InChI=1S/C9H14ClNO2/c10-5-9(13)11-6-1-2-7(11)4-8(12)3-6/h6-8,12H,1-5H2. The summed E-state index contributed by atoms with van der Waals surface area (Å²) in [4.78, 5) is 13.3. The van der Waals surface area contributed by atoms with E-state index in [1.807, 2.05) is 4.90 Å². The Labute approximate surface area is 82.7 Å². The van der Waals surface area contributed by atoms with Crippen molar-refractivity contribution in [2.24, 2.45) is 0 Å². The van der Waals surface area contributed by atoms with E-state index in [-0.39, 0.29) is 30.0 Å². The molecule has 0 radical (unpaired) electrons. The lowest BCUT2D eigenvalue weighted by Crippen LogP contribution is -2.48. The van der Waals surface area contributed by atoms with Gasteiger partial charge in [-0.25, -0.2) is 0 Å². The molecule has 0 aromatic rings. The molecule has 2 unspecified atom stereocenters. The monoisotopic (exact) mass is 203 g/mol. The van der Waals surface area contributed by atoms with Crippen LogP contribution in [0.2, 0.25) is 0 Å². The van der Waals surface area contributed by atoms with Crippen LogP contribution in [0.3, 0.4) is 0 Å². The molecule has 2 bridgehead atoms. The first-order valence-electron chi connectivity index (χ1n) is 4.77. The molecule has 2 saturated heterocycles. The van der Waals surface area contributed by atoms with Gasteiger partial charge >= 0.3 is 0 Å². The molecular weight excluding hydrogens is 190 g/mol. The Balaban J connectivity index is 2.10. The third-order valence-corrected chi connectivity index (χ3v) is 3.34. The third-order valence-electron chi connectivity index (χ3n) is 3.11. The van der Waals surface area contributed by atoms with E-state index in [0.717, 1.165) is 25.7 Å². The molecule has 4 heteroatoms. The number of amides is 1. The van der Waals surface area contributed by atoms with Gasteiger partial charge in [0.2, 0.25) is 5.91 Å². The zero-order valence-corrected chi connectivity index (χ0v) is 8.20. The number of piperidine rings is 1. The highest BCUT2D eigenvalue weighted by Gasteiger charge is 2.42. The van der Waals surface area contributed by atoms with Crippen LogP contribution in [0.1, 0.15) is 25.7 Å². The van der Waals surface area contributed by atoms with Gasteiger partial charge in [0.25, 0.3) is 0 Å². The quantitative estimate of drug-likeness (QED) is 0.639. The molecule has 3 nitrogen and oxygen atoms in total. The summed E-state index contributed by atoms with van der Waals surface area (Å²) in [6.45, 7) is 0. The summed E-state index contributed by atoms with van der Waals surface area (Å²) in [5.74, 6) is 0.101. The number of nitrogens with zero attached hydrogens (tertiary/aromatic N) is 1. The first-order valence-corrected chi connectivity index (χ1v) is 5.31. The van der Waals surface area contributed by atoms with Gasteiger partial charge in [-0.05, 0) is 25.7 Å². The second kappa shape index (κ2) is 3.46. The number of hydrogen-bond acceptors (Lipinski definition) is 2. The summed E-state index contributed by atoms with van der Waals surface area (Å²) in [5, 5.41) is 9.49. The summed E-state index contributed by atoms with van der Waals surface area (Å²) in [6, 6.07) is 0.500. The van der Waals surface area contributed by atoms with E-state index in [1.165, 1.54) is 0 Å². The number of aliphatic hydroxyl groups excluding tert-OH is 1. The minimum Gasteiger partial charge on any atom is -0.393 e. The number of aliphatic hydroxyl groups is 1. The summed E-state index contributed by atoms with van der Waals surface area (Å²) < 4.78 is 0. The van der Waals surface area contributed by atoms with E-state index in [4.69, 9.17) is 11.6 Å². The fourth-order valence-electron chi connectivity index (χ4n) is 2.62. The van der Waals surface area contributed by atoms with Crippen LogP contribution in [-0.2, 0) is 4.79 Å². The molecule has 0 spiro atoms. The largest absolute Gasteiger partial charge is 0.393 e. The predicted octanol–water partition coefficient (Wildman–Crippen LogP) is 0.740. The lowest BCUT2D eigenvalue weighted by atomic mass is 10.00. The molecule has 2 heterocycles. The Kier molecular flexibility index (Phi) is 2.47. The molecule has 0 aromatic heterocycles. The van der Waals surface area contributed by atoms with Gasteiger partial charge < -0.3 is 10.0 Å². The predicted molar refractivity (Wildman–Crippen MR) is 49.6 cm³/mol. The summed E-state index contributed by atoms with van der Waals surface area (Å²) >= 11 is 5.53. The van der Waals surface area contributed by atoms with Crippen molar-refractivity contribution in [2.45, 2.75) is 43.9 Å². The van der Waals surface area contributed by atoms with Crippen molar-refractivity contribution < 1.29 is 9.90 Å². The highest BCUT2D eigenvalue weighted by atomic mass is 35.5. The first kappa shape index (κ1) is 9.28. The van der Waals surface area contributed by atoms with Crippen molar-refractivity contribution in [2.75, 3.05) is 5.88 Å². The van der Waals surface area contributed by atoms with Gasteiger partial charge in [-0.2, -0.15) is 0 Å². The van der Waals surface area contributed by atoms with E-state index < -0.39 is 0 Å². The number of rotatable bonds is 1. The highest BCUT2D eigenvalue weighted by Crippen LogP contribution is 2.35. The number of carbonyl (C=O) groups is 1. The number of carbonyl (C=O) groups excluding carboxylic acids is 1. The number of hydrogen-bond donors (Lipinski definition) is 1. The highest BCUT2D eigenvalue weighted by molar-refractivity contribution is 6.27. The van der Waals surface area contributed by atoms with Crippen molar-refractivity contribution in [1.29, 1.82) is 0 Å². The number of alkyl halides is 1. The molecule has 13 heavy (non-hydrogen) atoms. The van der Waals surface area contributed by atoms with Crippen LogP contribution in [0, 0.1) is 0 Å². The van der Waals surface area contributed by atoms with E-state index in [9.17, 15) is 9.90 Å². The van der Waals surface area contributed by atoms with Crippen LogP contribution in [0.15, 0.2) is 0 Å². The molecule has 74 valence electrons. The maximum absolute atomic E-state index is 11.4. The zero-order valence-electron chi connectivity index (χ0n) is 7.45. The van der Waals surface area contributed by atoms with Crippen LogP contribution in [0.25, 0.3) is 0 Å². The van der Waals surface area contributed by atoms with Gasteiger partial charge in [-0.1, -0.05) is 0 Å². The van der Waals surface area contributed by atoms with Gasteiger partial charge in [0.15, 0.2) is 0 Å². The maximum atomic E-state index is 11.4. The third kappa shape index (κ3) is 1.55. The normalized spacial score (nSPS) is 38.0. The lowest BCUT2D eigenvalue weighted by molar-refractivity contribution is -0.134. The van der Waals surface area contributed by atoms with Crippen molar-refractivity contribution in [3.8, 4) is 0 Å². The molecular formula is C9H14ClNO2. The Morgan fingerprint density at radius 3 is 2.38 bits per heavy atom. The minimum atomic E-state index is -0.211. The van der Waals surface area contributed by atoms with Crippen LogP contribution in [0.5, 0.6) is 0 Å². The van der Waals surface area contributed by atoms with E-state index in [1.54, 1.807) is 0 Å². The van der Waals surface area contributed by atoms with Gasteiger partial charge in [-0.15, -0.1) is 11.6 Å². The molecule has 2 aliphatic heterocycles. The second-order valence-corrected chi connectivity index (χ2v) is 4.21. The molecule has 0 aromatic carbocycles. The van der Waals surface area contributed by atoms with Gasteiger partial charge in [0.05, 0.1) is 6.10 Å². The van der Waals surface area contributed by atoms with Crippen molar-refractivity contribution in [1.82, 2.24) is 4.90 Å². The molecule has 0 saturated carbocycles. The van der Waals surface area contributed by atoms with E-state index in [2.05, 4.69) is 0 Å². The Bertz CT molecular complexity index is 208. The van der Waals surface area contributed by atoms with E-state index >= 15 is 0 Å². The first-order chi connectivity index (χ1) is 6.22. The van der Waals surface area contributed by atoms with Crippen LogP contribution >= 0.6 is 11.6 Å². The average molecular weight is 204 g/mol. The van der Waals surface area contributed by atoms with Crippen molar-refractivity contribution >= 4 is 17.5 Å². The van der Waals surface area contributed by atoms with E-state index in [0.29, 0.717) is 0 Å². The van der Waals surface area contributed by atoms with Gasteiger partial charge in [0, 0.05) is 12.1 Å². The SMILES string of the molecule is O=C(CCl)N1C2CCC1CC(O)C2. The molecule has 1 N–H and O–H groups in total. The fourth-order valence-corrected chi connectivity index (χ4v) is 2.76. The zero-order chi connectivity index (χ0) is 9.42. The lowest BCUT2D eigenvalue weighted by Gasteiger charge is -2.36. The van der Waals surface area contributed by atoms with Crippen molar-refractivity contribution in [3.05, 3.63) is 0 Å². The summed E-state index contributed by atoms with van der Waals surface area (Å²) in [5.41, 5.74) is 0. The van der Waals surface area contributed by atoms with Gasteiger partial charge in [0.1, 0.15) is 5.88 Å². The minimum absolute atomic E-state index is 0.0288. The second-order valence-electron chi connectivity index (χ2n) is 3.94. The summed E-state index contributed by atoms with van der Waals surface area (Å²) in [6.07, 6.45) is 3.32. The topological polar surface area (TPSA) is 40.5 Å². The average Bonchev–Trinajstić information content (AvgIpc) is 2.37. The Morgan fingerprint density at radius 2 is 1.92 bits per heavy atom. The summed E-state index contributed by atoms with van der Waals surface area (Å²) in [7, 11) is 0. The van der Waals surface area contributed by atoms with Crippen LogP contribution in [-0.4, -0.2) is 40.0 Å². The Hall–Kier alpha value is -0.280. The molecule has 0 aliphatic carbocycles. The van der Waals surface area contributed by atoms with Crippen molar-refractivity contribution in [3.63, 3.8) is 0 Å². The van der Waals surface area contributed by atoms with Gasteiger partial charge in [-0.3, -0.25) is 4.79 Å². The molecule has 2 rings (SSSR count). The van der Waals surface area contributed by atoms with Crippen LogP contribution in [0.4, 0.5) is 0 Å². The van der Waals surface area contributed by atoms with Crippen LogP contribution < -0.4 is 0 Å². The number of fused-ring (bicyclic) bond motifs is 2.